The highest BCUT2D eigenvalue weighted by Gasteiger charge is 2.12. The van der Waals surface area contributed by atoms with Crippen molar-refractivity contribution in [3.63, 3.8) is 0 Å². The highest BCUT2D eigenvalue weighted by Crippen LogP contribution is 2.20. The van der Waals surface area contributed by atoms with E-state index in [-0.39, 0.29) is 27.6 Å². The first-order chi connectivity index (χ1) is 8.95. The summed E-state index contributed by atoms with van der Waals surface area (Å²) in [6.07, 6.45) is 0. The molecule has 1 aromatic carbocycles. The van der Waals surface area contributed by atoms with Gasteiger partial charge < -0.3 is 10.4 Å². The van der Waals surface area contributed by atoms with Gasteiger partial charge in [-0.25, -0.2) is 9.97 Å². The zero-order valence-electron chi connectivity index (χ0n) is 9.82. The number of halogens is 2. The molecule has 0 saturated heterocycles. The molecule has 0 unspecified atom stereocenters. The number of aryl methyl sites for hydroxylation is 1. The van der Waals surface area contributed by atoms with E-state index in [1.807, 2.05) is 6.92 Å². The molecule has 0 aliphatic heterocycles. The molecule has 0 radical (unpaired) electrons. The molecule has 7 heteroatoms. The van der Waals surface area contributed by atoms with E-state index in [0.717, 1.165) is 5.56 Å². The first kappa shape index (κ1) is 13.6. The molecule has 0 bridgehead atoms. The van der Waals surface area contributed by atoms with Gasteiger partial charge >= 0.3 is 0 Å². The van der Waals surface area contributed by atoms with Crippen molar-refractivity contribution in [2.45, 2.75) is 6.92 Å². The fraction of sp³-hybridized carbons (Fsp3) is 0.0833. The number of rotatable bonds is 2. The fourth-order valence-electron chi connectivity index (χ4n) is 1.47. The molecular formula is C12H9Cl2N3O2. The summed E-state index contributed by atoms with van der Waals surface area (Å²) >= 11 is 11.3. The molecule has 0 aliphatic carbocycles. The third-order valence-electron chi connectivity index (χ3n) is 2.31. The van der Waals surface area contributed by atoms with Crippen LogP contribution in [0.1, 0.15) is 15.9 Å². The van der Waals surface area contributed by atoms with Crippen molar-refractivity contribution in [2.24, 2.45) is 0 Å². The minimum atomic E-state index is -0.511. The van der Waals surface area contributed by atoms with Gasteiger partial charge in [0.2, 0.25) is 5.28 Å². The van der Waals surface area contributed by atoms with Crippen LogP contribution in [0.25, 0.3) is 0 Å². The number of aromatic nitrogens is 2. The van der Waals surface area contributed by atoms with Crippen molar-refractivity contribution in [3.8, 4) is 5.75 Å². The summed E-state index contributed by atoms with van der Waals surface area (Å²) in [6.45, 7) is 1.81. The van der Waals surface area contributed by atoms with E-state index in [1.54, 1.807) is 6.07 Å². The minimum Gasteiger partial charge on any atom is -0.507 e. The Morgan fingerprint density at radius 2 is 2.00 bits per heavy atom. The number of aromatic hydroxyl groups is 1. The van der Waals surface area contributed by atoms with Crippen molar-refractivity contribution >= 4 is 34.9 Å². The Hall–Kier alpha value is -1.85. The van der Waals surface area contributed by atoms with Crippen molar-refractivity contribution in [1.29, 1.82) is 0 Å². The lowest BCUT2D eigenvalue weighted by molar-refractivity contribution is 0.102. The topological polar surface area (TPSA) is 75.1 Å². The van der Waals surface area contributed by atoms with Crippen molar-refractivity contribution < 1.29 is 9.90 Å². The maximum Gasteiger partial charge on any atom is 0.260 e. The van der Waals surface area contributed by atoms with Gasteiger partial charge in [-0.2, -0.15) is 0 Å². The van der Waals surface area contributed by atoms with Gasteiger partial charge in [0.1, 0.15) is 16.7 Å². The fourth-order valence-corrected chi connectivity index (χ4v) is 1.88. The highest BCUT2D eigenvalue weighted by molar-refractivity contribution is 6.32. The molecule has 2 rings (SSSR count). The first-order valence-corrected chi connectivity index (χ1v) is 6.02. The molecule has 5 nitrogen and oxygen atoms in total. The largest absolute Gasteiger partial charge is 0.507 e. The van der Waals surface area contributed by atoms with Crippen molar-refractivity contribution in [1.82, 2.24) is 9.97 Å². The molecule has 0 fully saturated rings. The number of carbonyl (C=O) groups is 1. The van der Waals surface area contributed by atoms with Crippen LogP contribution in [0.3, 0.4) is 0 Å². The Bertz CT molecular complexity index is 627. The monoisotopic (exact) mass is 297 g/mol. The average molecular weight is 298 g/mol. The predicted molar refractivity (Wildman–Crippen MR) is 72.8 cm³/mol. The van der Waals surface area contributed by atoms with Gasteiger partial charge in [0, 0.05) is 6.07 Å². The third kappa shape index (κ3) is 3.33. The molecule has 2 aromatic rings. The van der Waals surface area contributed by atoms with Crippen LogP contribution in [0.2, 0.25) is 10.4 Å². The number of benzene rings is 1. The summed E-state index contributed by atoms with van der Waals surface area (Å²) in [4.78, 5) is 19.4. The van der Waals surface area contributed by atoms with E-state index in [4.69, 9.17) is 23.2 Å². The normalized spacial score (nSPS) is 10.3. The number of hydrogen-bond donors (Lipinski definition) is 2. The maximum absolute atomic E-state index is 12.0. The van der Waals surface area contributed by atoms with E-state index in [0.29, 0.717) is 0 Å². The van der Waals surface area contributed by atoms with Crippen molar-refractivity contribution in [3.05, 3.63) is 45.8 Å². The van der Waals surface area contributed by atoms with Gasteiger partial charge in [-0.05, 0) is 36.2 Å². The second kappa shape index (κ2) is 5.42. The van der Waals surface area contributed by atoms with E-state index >= 15 is 0 Å². The van der Waals surface area contributed by atoms with Crippen LogP contribution in [0.4, 0.5) is 5.82 Å². The van der Waals surface area contributed by atoms with Crippen molar-refractivity contribution in [2.75, 3.05) is 5.32 Å². The van der Waals surface area contributed by atoms with Crippen LogP contribution >= 0.6 is 23.2 Å². The molecule has 0 spiro atoms. The van der Waals surface area contributed by atoms with E-state index in [9.17, 15) is 9.90 Å². The van der Waals surface area contributed by atoms with Crippen LogP contribution < -0.4 is 5.32 Å². The van der Waals surface area contributed by atoms with E-state index in [2.05, 4.69) is 15.3 Å². The molecular weight excluding hydrogens is 289 g/mol. The first-order valence-electron chi connectivity index (χ1n) is 5.27. The summed E-state index contributed by atoms with van der Waals surface area (Å²) in [7, 11) is 0. The molecule has 1 amide bonds. The molecule has 0 saturated carbocycles. The average Bonchev–Trinajstić information content (AvgIpc) is 2.26. The lowest BCUT2D eigenvalue weighted by atomic mass is 10.1. The second-order valence-corrected chi connectivity index (χ2v) is 4.54. The smallest absolute Gasteiger partial charge is 0.260 e. The summed E-state index contributed by atoms with van der Waals surface area (Å²) in [5, 5.41) is 12.2. The third-order valence-corrected chi connectivity index (χ3v) is 2.67. The number of phenolic OH excluding ortho intramolecular Hbond substituents is 1. The summed E-state index contributed by atoms with van der Waals surface area (Å²) in [6, 6.07) is 6.09. The molecule has 19 heavy (non-hydrogen) atoms. The van der Waals surface area contributed by atoms with Gasteiger partial charge in [0.05, 0.1) is 5.56 Å². The summed E-state index contributed by atoms with van der Waals surface area (Å²) < 4.78 is 0. The number of nitrogens with zero attached hydrogens (tertiary/aromatic N) is 2. The number of nitrogens with one attached hydrogen (secondary N) is 1. The molecule has 98 valence electrons. The second-order valence-electron chi connectivity index (χ2n) is 3.82. The Morgan fingerprint density at radius 1 is 1.26 bits per heavy atom. The summed E-state index contributed by atoms with van der Waals surface area (Å²) in [5.74, 6) is -0.456. The predicted octanol–water partition coefficient (Wildman–Crippen LogP) is 3.05. The zero-order valence-corrected chi connectivity index (χ0v) is 11.3. The Kier molecular flexibility index (Phi) is 3.87. The van der Waals surface area contributed by atoms with Crippen LogP contribution in [0, 0.1) is 6.92 Å². The molecule has 0 atom stereocenters. The lowest BCUT2D eigenvalue weighted by Gasteiger charge is -2.07. The molecule has 1 aromatic heterocycles. The standard InChI is InChI=1S/C12H9Cl2N3O2/c1-6-2-3-7(8(18)4-6)11(19)16-10-5-9(13)15-12(14)17-10/h2-5,18H,1H3,(H,15,16,17,19). The number of hydrogen-bond acceptors (Lipinski definition) is 4. The van der Waals surface area contributed by atoms with Gasteiger partial charge in [0.25, 0.3) is 5.91 Å². The van der Waals surface area contributed by atoms with Gasteiger partial charge in [-0.3, -0.25) is 4.79 Å². The SMILES string of the molecule is Cc1ccc(C(=O)Nc2cc(Cl)nc(Cl)n2)c(O)c1. The molecule has 1 heterocycles. The van der Waals surface area contributed by atoms with E-state index in [1.165, 1.54) is 18.2 Å². The van der Waals surface area contributed by atoms with Crippen LogP contribution in [0.15, 0.2) is 24.3 Å². The minimum absolute atomic E-state index is 0.0732. The van der Waals surface area contributed by atoms with Crippen LogP contribution in [-0.4, -0.2) is 21.0 Å². The van der Waals surface area contributed by atoms with E-state index < -0.39 is 5.91 Å². The number of amides is 1. The zero-order chi connectivity index (χ0) is 14.0. The maximum atomic E-state index is 12.0. The highest BCUT2D eigenvalue weighted by atomic mass is 35.5. The Morgan fingerprint density at radius 3 is 2.63 bits per heavy atom. The Balaban J connectivity index is 2.25. The number of anilines is 1. The van der Waals surface area contributed by atoms with Gasteiger partial charge in [-0.15, -0.1) is 0 Å². The number of carbonyl (C=O) groups excluding carboxylic acids is 1. The van der Waals surface area contributed by atoms with Gasteiger partial charge in [-0.1, -0.05) is 17.7 Å². The summed E-state index contributed by atoms with van der Waals surface area (Å²) in [5.41, 5.74) is 0.985. The van der Waals surface area contributed by atoms with Crippen LogP contribution in [-0.2, 0) is 0 Å². The molecule has 0 aliphatic rings. The quantitative estimate of drug-likeness (QED) is 0.660. The van der Waals surface area contributed by atoms with Crippen LogP contribution in [0.5, 0.6) is 5.75 Å². The number of phenols is 1. The molecule has 2 N–H and O–H groups in total. The lowest BCUT2D eigenvalue weighted by Crippen LogP contribution is -2.13. The van der Waals surface area contributed by atoms with Gasteiger partial charge in [0.15, 0.2) is 0 Å². The Labute approximate surface area is 119 Å².